The molecule has 2 N–H and O–H groups in total. The minimum atomic E-state index is -0.339. The fraction of sp³-hybridized carbons (Fsp3) is 0.938. The summed E-state index contributed by atoms with van der Waals surface area (Å²) in [6.07, 6.45) is 7.49. The highest BCUT2D eigenvalue weighted by molar-refractivity contribution is 5.83. The highest BCUT2D eigenvalue weighted by Gasteiger charge is 2.45. The number of ether oxygens (including phenoxy) is 1. The standard InChI is InChI=1S/C16H30N2O2/c1-3-8-16(12-17,9-4-2)15(19)18-10-11-20-14-7-5-6-13(14)18/h13-14H,3-12,17H2,1-2H3. The molecule has 0 aromatic carbocycles. The highest BCUT2D eigenvalue weighted by atomic mass is 16.5. The van der Waals surface area contributed by atoms with Crippen molar-refractivity contribution in [1.29, 1.82) is 0 Å². The Kier molecular flexibility index (Phi) is 5.44. The number of carbonyl (C=O) groups is 1. The van der Waals surface area contributed by atoms with Crippen LogP contribution in [0.15, 0.2) is 0 Å². The van der Waals surface area contributed by atoms with Gasteiger partial charge in [0.25, 0.3) is 0 Å². The van der Waals surface area contributed by atoms with Crippen LogP contribution in [-0.2, 0) is 9.53 Å². The summed E-state index contributed by atoms with van der Waals surface area (Å²) in [6, 6.07) is 0.302. The van der Waals surface area contributed by atoms with Crippen molar-refractivity contribution < 1.29 is 9.53 Å². The summed E-state index contributed by atoms with van der Waals surface area (Å²) < 4.78 is 5.82. The molecule has 20 heavy (non-hydrogen) atoms. The average molecular weight is 282 g/mol. The lowest BCUT2D eigenvalue weighted by Crippen LogP contribution is -2.57. The average Bonchev–Trinajstić information content (AvgIpc) is 2.94. The third-order valence-electron chi connectivity index (χ3n) is 5.04. The largest absolute Gasteiger partial charge is 0.374 e. The highest BCUT2D eigenvalue weighted by Crippen LogP contribution is 2.36. The van der Waals surface area contributed by atoms with Crippen molar-refractivity contribution in [2.75, 3.05) is 19.7 Å². The van der Waals surface area contributed by atoms with Crippen LogP contribution in [0, 0.1) is 5.41 Å². The van der Waals surface area contributed by atoms with Gasteiger partial charge in [-0.1, -0.05) is 26.7 Å². The van der Waals surface area contributed by atoms with Gasteiger partial charge >= 0.3 is 0 Å². The van der Waals surface area contributed by atoms with Crippen molar-refractivity contribution in [1.82, 2.24) is 4.90 Å². The Hall–Kier alpha value is -0.610. The molecule has 4 nitrogen and oxygen atoms in total. The van der Waals surface area contributed by atoms with Gasteiger partial charge in [-0.3, -0.25) is 4.79 Å². The van der Waals surface area contributed by atoms with Crippen LogP contribution in [0.25, 0.3) is 0 Å². The molecule has 1 aliphatic heterocycles. The molecule has 1 aliphatic carbocycles. The minimum Gasteiger partial charge on any atom is -0.374 e. The topological polar surface area (TPSA) is 55.6 Å². The second kappa shape index (κ2) is 6.90. The number of hydrogen-bond acceptors (Lipinski definition) is 3. The molecule has 4 heteroatoms. The van der Waals surface area contributed by atoms with E-state index in [0.29, 0.717) is 25.1 Å². The summed E-state index contributed by atoms with van der Waals surface area (Å²) in [6.45, 7) is 6.19. The molecule has 0 aromatic heterocycles. The zero-order valence-corrected chi connectivity index (χ0v) is 13.1. The summed E-state index contributed by atoms with van der Waals surface area (Å²) in [5.41, 5.74) is 5.71. The molecule has 0 radical (unpaired) electrons. The van der Waals surface area contributed by atoms with E-state index in [1.54, 1.807) is 0 Å². The van der Waals surface area contributed by atoms with Gasteiger partial charge < -0.3 is 15.4 Å². The molecule has 0 spiro atoms. The van der Waals surface area contributed by atoms with Gasteiger partial charge in [-0.2, -0.15) is 0 Å². The fourth-order valence-corrected chi connectivity index (χ4v) is 4.07. The molecular formula is C16H30N2O2. The molecule has 2 fully saturated rings. The van der Waals surface area contributed by atoms with Crippen molar-refractivity contribution >= 4 is 5.91 Å². The first-order valence-corrected chi connectivity index (χ1v) is 8.31. The molecule has 2 rings (SSSR count). The maximum Gasteiger partial charge on any atom is 0.230 e. The van der Waals surface area contributed by atoms with E-state index >= 15 is 0 Å². The second-order valence-corrected chi connectivity index (χ2v) is 6.39. The van der Waals surface area contributed by atoms with Crippen molar-refractivity contribution in [2.45, 2.75) is 70.9 Å². The molecular weight excluding hydrogens is 252 g/mol. The Morgan fingerprint density at radius 1 is 1.30 bits per heavy atom. The van der Waals surface area contributed by atoms with Crippen LogP contribution < -0.4 is 5.73 Å². The monoisotopic (exact) mass is 282 g/mol. The summed E-state index contributed by atoms with van der Waals surface area (Å²) in [4.78, 5) is 15.3. The van der Waals surface area contributed by atoms with Crippen molar-refractivity contribution in [2.24, 2.45) is 11.1 Å². The van der Waals surface area contributed by atoms with Gasteiger partial charge in [-0.15, -0.1) is 0 Å². The molecule has 1 saturated carbocycles. The molecule has 2 unspecified atom stereocenters. The Labute approximate surface area is 123 Å². The van der Waals surface area contributed by atoms with Crippen LogP contribution in [0.4, 0.5) is 0 Å². The molecule has 116 valence electrons. The first-order valence-electron chi connectivity index (χ1n) is 8.31. The first-order chi connectivity index (χ1) is 9.68. The van der Waals surface area contributed by atoms with E-state index < -0.39 is 0 Å². The number of fused-ring (bicyclic) bond motifs is 1. The Bertz CT molecular complexity index is 326. The number of amides is 1. The summed E-state index contributed by atoms with van der Waals surface area (Å²) in [5.74, 6) is 0.295. The molecule has 1 saturated heterocycles. The second-order valence-electron chi connectivity index (χ2n) is 6.39. The van der Waals surface area contributed by atoms with Crippen LogP contribution in [0.2, 0.25) is 0 Å². The fourth-order valence-electron chi connectivity index (χ4n) is 4.07. The number of morpholine rings is 1. The van der Waals surface area contributed by atoms with Crippen molar-refractivity contribution in [3.63, 3.8) is 0 Å². The van der Waals surface area contributed by atoms with Gasteiger partial charge in [0.1, 0.15) is 0 Å². The molecule has 1 heterocycles. The van der Waals surface area contributed by atoms with Gasteiger partial charge in [0.15, 0.2) is 0 Å². The molecule has 0 bridgehead atoms. The van der Waals surface area contributed by atoms with E-state index in [0.717, 1.165) is 45.1 Å². The Morgan fingerprint density at radius 3 is 2.60 bits per heavy atom. The summed E-state index contributed by atoms with van der Waals surface area (Å²) in [5, 5.41) is 0. The number of nitrogens with zero attached hydrogens (tertiary/aromatic N) is 1. The lowest BCUT2D eigenvalue weighted by molar-refractivity contribution is -0.155. The van der Waals surface area contributed by atoms with E-state index in [2.05, 4.69) is 18.7 Å². The van der Waals surface area contributed by atoms with E-state index in [-0.39, 0.29) is 11.5 Å². The van der Waals surface area contributed by atoms with Gasteiger partial charge in [0.2, 0.25) is 5.91 Å². The van der Waals surface area contributed by atoms with Gasteiger partial charge in [-0.05, 0) is 32.1 Å². The van der Waals surface area contributed by atoms with Crippen LogP contribution in [0.1, 0.15) is 58.8 Å². The van der Waals surface area contributed by atoms with E-state index in [1.807, 2.05) is 0 Å². The molecule has 0 aromatic rings. The first kappa shape index (κ1) is 15.8. The number of carbonyl (C=O) groups excluding carboxylic acids is 1. The SMILES string of the molecule is CCCC(CN)(CCC)C(=O)N1CCOC2CCCC21. The lowest BCUT2D eigenvalue weighted by Gasteiger charge is -2.43. The van der Waals surface area contributed by atoms with E-state index in [9.17, 15) is 4.79 Å². The molecule has 2 atom stereocenters. The van der Waals surface area contributed by atoms with Crippen LogP contribution in [0.3, 0.4) is 0 Å². The van der Waals surface area contributed by atoms with Crippen molar-refractivity contribution in [3.8, 4) is 0 Å². The van der Waals surface area contributed by atoms with Crippen molar-refractivity contribution in [3.05, 3.63) is 0 Å². The summed E-state index contributed by atoms with van der Waals surface area (Å²) in [7, 11) is 0. The summed E-state index contributed by atoms with van der Waals surface area (Å²) >= 11 is 0. The maximum atomic E-state index is 13.2. The van der Waals surface area contributed by atoms with Gasteiger partial charge in [-0.25, -0.2) is 0 Å². The van der Waals surface area contributed by atoms with Crippen LogP contribution in [-0.4, -0.2) is 42.6 Å². The zero-order chi connectivity index (χ0) is 14.6. The van der Waals surface area contributed by atoms with Gasteiger partial charge in [0.05, 0.1) is 24.2 Å². The quantitative estimate of drug-likeness (QED) is 0.813. The third kappa shape index (κ3) is 2.86. The predicted octanol–water partition coefficient (Wildman–Crippen LogP) is 2.31. The Balaban J connectivity index is 2.17. The molecule has 1 amide bonds. The third-order valence-corrected chi connectivity index (χ3v) is 5.04. The van der Waals surface area contributed by atoms with Gasteiger partial charge in [0, 0.05) is 13.1 Å². The number of rotatable bonds is 6. The Morgan fingerprint density at radius 2 is 2.00 bits per heavy atom. The van der Waals surface area contributed by atoms with Crippen LogP contribution >= 0.6 is 0 Å². The predicted molar refractivity (Wildman–Crippen MR) is 80.4 cm³/mol. The van der Waals surface area contributed by atoms with E-state index in [1.165, 1.54) is 6.42 Å². The minimum absolute atomic E-state index is 0.270. The molecule has 2 aliphatic rings. The maximum absolute atomic E-state index is 13.2. The van der Waals surface area contributed by atoms with Crippen LogP contribution in [0.5, 0.6) is 0 Å². The number of hydrogen-bond donors (Lipinski definition) is 1. The number of nitrogens with two attached hydrogens (primary N) is 1. The zero-order valence-electron chi connectivity index (χ0n) is 13.1. The smallest absolute Gasteiger partial charge is 0.230 e. The lowest BCUT2D eigenvalue weighted by atomic mass is 9.77. The normalized spacial score (nSPS) is 26.6. The van der Waals surface area contributed by atoms with E-state index in [4.69, 9.17) is 10.5 Å².